The van der Waals surface area contributed by atoms with Crippen molar-refractivity contribution in [2.75, 3.05) is 0 Å². The Kier molecular flexibility index (Phi) is 6.04. The first-order chi connectivity index (χ1) is 14.7. The molecule has 4 nitrogen and oxygen atoms in total. The number of hydrogen-bond donors (Lipinski definition) is 2. The van der Waals surface area contributed by atoms with Crippen molar-refractivity contribution in [1.29, 1.82) is 0 Å². The maximum absolute atomic E-state index is 12.9. The number of amides is 1. The third kappa shape index (κ3) is 4.66. The molecule has 0 aliphatic carbocycles. The molecular formula is C26H25N3O. The fourth-order valence-electron chi connectivity index (χ4n) is 3.67. The third-order valence-corrected chi connectivity index (χ3v) is 5.26. The molecule has 1 aromatic heterocycles. The van der Waals surface area contributed by atoms with E-state index in [0.717, 1.165) is 28.2 Å². The van der Waals surface area contributed by atoms with Crippen LogP contribution in [0.3, 0.4) is 0 Å². The summed E-state index contributed by atoms with van der Waals surface area (Å²) in [7, 11) is 0. The summed E-state index contributed by atoms with van der Waals surface area (Å²) in [5.41, 5.74) is 4.29. The molecule has 4 rings (SSSR count). The van der Waals surface area contributed by atoms with Gasteiger partial charge < -0.3 is 10.3 Å². The van der Waals surface area contributed by atoms with E-state index >= 15 is 0 Å². The van der Waals surface area contributed by atoms with Gasteiger partial charge in [-0.3, -0.25) is 4.79 Å². The zero-order valence-electron chi connectivity index (χ0n) is 17.0. The van der Waals surface area contributed by atoms with Crippen molar-refractivity contribution < 1.29 is 4.79 Å². The molecule has 1 amide bonds. The van der Waals surface area contributed by atoms with Crippen LogP contribution >= 0.6 is 0 Å². The van der Waals surface area contributed by atoms with Gasteiger partial charge in [-0.05, 0) is 23.6 Å². The number of carbonyl (C=O) groups excluding carboxylic acids is 1. The first kappa shape index (κ1) is 19.6. The molecule has 0 spiro atoms. The molecule has 1 unspecified atom stereocenters. The molecule has 0 saturated carbocycles. The molecule has 0 aliphatic heterocycles. The van der Waals surface area contributed by atoms with Crippen LogP contribution in [0.5, 0.6) is 0 Å². The molecule has 0 bridgehead atoms. The number of nitrogens with zero attached hydrogens (tertiary/aromatic N) is 1. The summed E-state index contributed by atoms with van der Waals surface area (Å²) in [6.45, 7) is 1.95. The van der Waals surface area contributed by atoms with Gasteiger partial charge in [-0.2, -0.15) is 0 Å². The van der Waals surface area contributed by atoms with Gasteiger partial charge in [0.05, 0.1) is 17.9 Å². The summed E-state index contributed by atoms with van der Waals surface area (Å²) in [4.78, 5) is 20.7. The molecule has 1 heterocycles. The maximum atomic E-state index is 12.9. The van der Waals surface area contributed by atoms with Crippen molar-refractivity contribution in [2.24, 2.45) is 0 Å². The van der Waals surface area contributed by atoms with Crippen LogP contribution in [-0.2, 0) is 4.79 Å². The van der Waals surface area contributed by atoms with Crippen LogP contribution in [0.1, 0.15) is 42.3 Å². The minimum Gasteiger partial charge on any atom is -0.346 e. The summed E-state index contributed by atoms with van der Waals surface area (Å²) in [6.07, 6.45) is 2.19. The van der Waals surface area contributed by atoms with E-state index in [9.17, 15) is 4.79 Å². The highest BCUT2D eigenvalue weighted by Gasteiger charge is 2.20. The van der Waals surface area contributed by atoms with Crippen molar-refractivity contribution in [1.82, 2.24) is 15.3 Å². The lowest BCUT2D eigenvalue weighted by Gasteiger charge is -2.19. The van der Waals surface area contributed by atoms with Gasteiger partial charge in [0.2, 0.25) is 5.91 Å². The van der Waals surface area contributed by atoms with E-state index in [1.807, 2.05) is 79.9 Å². The van der Waals surface area contributed by atoms with Crippen LogP contribution < -0.4 is 5.32 Å². The minimum absolute atomic E-state index is 0.00197. The molecule has 150 valence electrons. The Morgan fingerprint density at radius 2 is 1.40 bits per heavy atom. The van der Waals surface area contributed by atoms with Gasteiger partial charge in [-0.25, -0.2) is 4.98 Å². The standard InChI is InChI=1S/C26H25N3O/c1-19(26-27-18-24(29-26)22-15-9-4-10-16-22)28-25(30)17-23(20-11-5-2-6-12-20)21-13-7-3-8-14-21/h2-16,18-19,23H,17H2,1H3,(H,27,29)(H,28,30). The summed E-state index contributed by atoms with van der Waals surface area (Å²) in [6, 6.07) is 30.2. The third-order valence-electron chi connectivity index (χ3n) is 5.26. The number of aromatic nitrogens is 2. The largest absolute Gasteiger partial charge is 0.346 e. The van der Waals surface area contributed by atoms with E-state index in [2.05, 4.69) is 39.6 Å². The lowest BCUT2D eigenvalue weighted by atomic mass is 9.88. The minimum atomic E-state index is -0.206. The van der Waals surface area contributed by atoms with Gasteiger partial charge in [0.15, 0.2) is 0 Å². The predicted octanol–water partition coefficient (Wildman–Crippen LogP) is 5.48. The van der Waals surface area contributed by atoms with Gasteiger partial charge >= 0.3 is 0 Å². The van der Waals surface area contributed by atoms with Gasteiger partial charge in [0.25, 0.3) is 0 Å². The molecule has 0 aliphatic rings. The van der Waals surface area contributed by atoms with Crippen molar-refractivity contribution in [2.45, 2.75) is 25.3 Å². The number of carbonyl (C=O) groups is 1. The number of benzene rings is 3. The number of imidazole rings is 1. The lowest BCUT2D eigenvalue weighted by molar-refractivity contribution is -0.122. The number of aromatic amines is 1. The summed E-state index contributed by atoms with van der Waals surface area (Å²) in [5, 5.41) is 3.10. The summed E-state index contributed by atoms with van der Waals surface area (Å²) < 4.78 is 0. The smallest absolute Gasteiger partial charge is 0.221 e. The quantitative estimate of drug-likeness (QED) is 0.435. The Morgan fingerprint density at radius 3 is 1.97 bits per heavy atom. The Morgan fingerprint density at radius 1 is 0.867 bits per heavy atom. The molecule has 30 heavy (non-hydrogen) atoms. The Bertz CT molecular complexity index is 1040. The van der Waals surface area contributed by atoms with E-state index in [-0.39, 0.29) is 17.9 Å². The van der Waals surface area contributed by atoms with Crippen molar-refractivity contribution in [3.05, 3.63) is 114 Å². The van der Waals surface area contributed by atoms with Gasteiger partial charge in [0.1, 0.15) is 5.82 Å². The number of H-pyrrole nitrogens is 1. The monoisotopic (exact) mass is 395 g/mol. The fraction of sp³-hybridized carbons (Fsp3) is 0.154. The van der Waals surface area contributed by atoms with E-state index in [0.29, 0.717) is 6.42 Å². The average Bonchev–Trinajstić information content (AvgIpc) is 3.30. The fourth-order valence-corrected chi connectivity index (χ4v) is 3.67. The highest BCUT2D eigenvalue weighted by atomic mass is 16.1. The zero-order chi connectivity index (χ0) is 20.8. The number of hydrogen-bond acceptors (Lipinski definition) is 2. The molecule has 4 aromatic rings. The van der Waals surface area contributed by atoms with E-state index in [1.165, 1.54) is 0 Å². The SMILES string of the molecule is CC(NC(=O)CC(c1ccccc1)c1ccccc1)c1ncc(-c2ccccc2)[nH]1. The van der Waals surface area contributed by atoms with Crippen LogP contribution in [0.25, 0.3) is 11.3 Å². The Hall–Kier alpha value is -3.66. The van der Waals surface area contributed by atoms with Crippen LogP contribution in [-0.4, -0.2) is 15.9 Å². The molecule has 1 atom stereocenters. The van der Waals surface area contributed by atoms with Gasteiger partial charge in [-0.15, -0.1) is 0 Å². The van der Waals surface area contributed by atoms with Crippen molar-refractivity contribution >= 4 is 5.91 Å². The molecule has 4 heteroatoms. The number of rotatable bonds is 7. The van der Waals surface area contributed by atoms with Gasteiger partial charge in [-0.1, -0.05) is 91.0 Å². The first-order valence-electron chi connectivity index (χ1n) is 10.2. The average molecular weight is 396 g/mol. The van der Waals surface area contributed by atoms with Crippen LogP contribution in [0.4, 0.5) is 0 Å². The second-order valence-corrected chi connectivity index (χ2v) is 7.42. The van der Waals surface area contributed by atoms with E-state index in [1.54, 1.807) is 0 Å². The predicted molar refractivity (Wildman–Crippen MR) is 120 cm³/mol. The Labute approximate surface area is 177 Å². The second kappa shape index (κ2) is 9.23. The van der Waals surface area contributed by atoms with Gasteiger partial charge in [0, 0.05) is 12.3 Å². The highest BCUT2D eigenvalue weighted by molar-refractivity contribution is 5.78. The summed E-state index contributed by atoms with van der Waals surface area (Å²) in [5.74, 6) is 0.757. The molecular weight excluding hydrogens is 370 g/mol. The highest BCUT2D eigenvalue weighted by Crippen LogP contribution is 2.28. The van der Waals surface area contributed by atoms with E-state index in [4.69, 9.17) is 0 Å². The topological polar surface area (TPSA) is 57.8 Å². The molecule has 2 N–H and O–H groups in total. The summed E-state index contributed by atoms with van der Waals surface area (Å²) >= 11 is 0. The Balaban J connectivity index is 1.47. The first-order valence-corrected chi connectivity index (χ1v) is 10.2. The molecule has 3 aromatic carbocycles. The second-order valence-electron chi connectivity index (χ2n) is 7.42. The maximum Gasteiger partial charge on any atom is 0.221 e. The molecule has 0 saturated heterocycles. The normalized spacial score (nSPS) is 11.9. The molecule has 0 radical (unpaired) electrons. The van der Waals surface area contributed by atoms with Crippen molar-refractivity contribution in [3.8, 4) is 11.3 Å². The van der Waals surface area contributed by atoms with Crippen LogP contribution in [0.15, 0.2) is 97.2 Å². The van der Waals surface area contributed by atoms with E-state index < -0.39 is 0 Å². The van der Waals surface area contributed by atoms with Crippen LogP contribution in [0, 0.1) is 0 Å². The number of nitrogens with one attached hydrogen (secondary N) is 2. The van der Waals surface area contributed by atoms with Crippen LogP contribution in [0.2, 0.25) is 0 Å². The molecule has 0 fully saturated rings. The zero-order valence-corrected chi connectivity index (χ0v) is 17.0. The lowest BCUT2D eigenvalue weighted by Crippen LogP contribution is -2.28. The van der Waals surface area contributed by atoms with Crippen molar-refractivity contribution in [3.63, 3.8) is 0 Å².